The number of halogens is 8. The van der Waals surface area contributed by atoms with Gasteiger partial charge >= 0.3 is 6.18 Å². The highest BCUT2D eigenvalue weighted by Crippen LogP contribution is 2.38. The van der Waals surface area contributed by atoms with Crippen molar-refractivity contribution in [3.63, 3.8) is 0 Å². The Balaban J connectivity index is 2.38. The molecule has 0 radical (unpaired) electrons. The average molecular weight is 417 g/mol. The molecule has 11 heteroatoms. The third kappa shape index (κ3) is 4.01. The van der Waals surface area contributed by atoms with Crippen LogP contribution in [0.1, 0.15) is 11.1 Å². The molecule has 2 aromatic carbocycles. The Hall–Kier alpha value is -2.07. The molecule has 0 aliphatic rings. The molecule has 0 heterocycles. The molecular formula is C15H8ClF7N2S. The fraction of sp³-hybridized carbons (Fsp3) is 0.133. The molecule has 0 aliphatic heterocycles. The third-order valence-electron chi connectivity index (χ3n) is 3.23. The fourth-order valence-electron chi connectivity index (χ4n) is 1.99. The van der Waals surface area contributed by atoms with Crippen LogP contribution in [0.25, 0.3) is 0 Å². The number of benzene rings is 2. The van der Waals surface area contributed by atoms with Gasteiger partial charge in [0, 0.05) is 10.7 Å². The number of hydrogen-bond donors (Lipinski definition) is 2. The van der Waals surface area contributed by atoms with Gasteiger partial charge in [-0.15, -0.1) is 0 Å². The molecule has 0 fully saturated rings. The second-order valence-corrected chi connectivity index (χ2v) is 5.89. The molecule has 26 heavy (non-hydrogen) atoms. The number of thiocarbonyl (C=S) groups is 1. The third-order valence-corrected chi connectivity index (χ3v) is 3.67. The van der Waals surface area contributed by atoms with Gasteiger partial charge < -0.3 is 10.6 Å². The van der Waals surface area contributed by atoms with E-state index in [-0.39, 0.29) is 0 Å². The summed E-state index contributed by atoms with van der Waals surface area (Å²) in [4.78, 5) is 0. The zero-order chi connectivity index (χ0) is 19.8. The van der Waals surface area contributed by atoms with Crippen LogP contribution in [0.5, 0.6) is 0 Å². The molecule has 2 nitrogen and oxygen atoms in total. The Labute approximate surface area is 153 Å². The van der Waals surface area contributed by atoms with Gasteiger partial charge in [0.1, 0.15) is 11.3 Å². The standard InChI is InChI=1S/C15H8ClF7N2S/c1-5-2-3-6(16)4-7(5)24-14(26)25-13-11(19)9(17)8(15(21,22)23)10(18)12(13)20/h2-4H,1H3,(H2,24,25,26). The first-order valence-electron chi connectivity index (χ1n) is 6.70. The Kier molecular flexibility index (Phi) is 5.67. The van der Waals surface area contributed by atoms with E-state index in [9.17, 15) is 30.7 Å². The van der Waals surface area contributed by atoms with E-state index in [4.69, 9.17) is 23.8 Å². The van der Waals surface area contributed by atoms with Crippen LogP contribution in [-0.2, 0) is 6.18 Å². The highest BCUT2D eigenvalue weighted by Gasteiger charge is 2.42. The van der Waals surface area contributed by atoms with Gasteiger partial charge in [-0.2, -0.15) is 13.2 Å². The topological polar surface area (TPSA) is 24.1 Å². The first-order chi connectivity index (χ1) is 11.9. The van der Waals surface area contributed by atoms with E-state index < -0.39 is 45.8 Å². The molecule has 0 atom stereocenters. The minimum Gasteiger partial charge on any atom is -0.332 e. The van der Waals surface area contributed by atoms with E-state index in [1.165, 1.54) is 6.07 Å². The van der Waals surface area contributed by atoms with Gasteiger partial charge in [-0.25, -0.2) is 17.6 Å². The largest absolute Gasteiger partial charge is 0.422 e. The molecule has 2 rings (SSSR count). The van der Waals surface area contributed by atoms with Crippen molar-refractivity contribution in [1.29, 1.82) is 0 Å². The number of anilines is 2. The first kappa shape index (κ1) is 20.2. The van der Waals surface area contributed by atoms with Gasteiger partial charge in [0.15, 0.2) is 28.4 Å². The van der Waals surface area contributed by atoms with Crippen LogP contribution < -0.4 is 10.6 Å². The maximum Gasteiger partial charge on any atom is 0.422 e. The molecule has 0 amide bonds. The average Bonchev–Trinajstić information content (AvgIpc) is 2.52. The summed E-state index contributed by atoms with van der Waals surface area (Å²) >= 11 is 10.6. The van der Waals surface area contributed by atoms with E-state index in [1.54, 1.807) is 19.1 Å². The molecule has 0 spiro atoms. The van der Waals surface area contributed by atoms with Crippen LogP contribution in [0.3, 0.4) is 0 Å². The summed E-state index contributed by atoms with van der Waals surface area (Å²) in [5.41, 5.74) is -3.24. The first-order valence-corrected chi connectivity index (χ1v) is 7.49. The molecule has 0 saturated heterocycles. The zero-order valence-electron chi connectivity index (χ0n) is 12.7. The summed E-state index contributed by atoms with van der Waals surface area (Å²) < 4.78 is 92.4. The molecule has 0 bridgehead atoms. The predicted octanol–water partition coefficient (Wildman–Crippen LogP) is 6.03. The summed E-state index contributed by atoms with van der Waals surface area (Å²) in [6, 6.07) is 4.55. The predicted molar refractivity (Wildman–Crippen MR) is 87.3 cm³/mol. The van der Waals surface area contributed by atoms with Crippen LogP contribution in [0.4, 0.5) is 42.1 Å². The Morgan fingerprint density at radius 2 is 1.50 bits per heavy atom. The lowest BCUT2D eigenvalue weighted by Gasteiger charge is -2.17. The van der Waals surface area contributed by atoms with Crippen LogP contribution in [0, 0.1) is 30.2 Å². The normalized spacial score (nSPS) is 11.4. The summed E-state index contributed by atoms with van der Waals surface area (Å²) in [6.07, 6.45) is -5.62. The van der Waals surface area contributed by atoms with E-state index >= 15 is 0 Å². The van der Waals surface area contributed by atoms with Gasteiger partial charge in [0.2, 0.25) is 0 Å². The quantitative estimate of drug-likeness (QED) is 0.355. The lowest BCUT2D eigenvalue weighted by atomic mass is 10.1. The van der Waals surface area contributed by atoms with Crippen molar-refractivity contribution in [1.82, 2.24) is 0 Å². The Bertz CT molecular complexity index is 854. The number of aryl methyl sites for hydroxylation is 1. The monoisotopic (exact) mass is 416 g/mol. The number of alkyl halides is 3. The lowest BCUT2D eigenvalue weighted by molar-refractivity contribution is -0.143. The highest BCUT2D eigenvalue weighted by atomic mass is 35.5. The molecule has 140 valence electrons. The van der Waals surface area contributed by atoms with Gasteiger partial charge in [0.25, 0.3) is 0 Å². The second-order valence-electron chi connectivity index (χ2n) is 5.04. The zero-order valence-corrected chi connectivity index (χ0v) is 14.2. The van der Waals surface area contributed by atoms with E-state index in [0.29, 0.717) is 16.3 Å². The van der Waals surface area contributed by atoms with Gasteiger partial charge in [-0.3, -0.25) is 0 Å². The number of rotatable bonds is 2. The van der Waals surface area contributed by atoms with Crippen molar-refractivity contribution < 1.29 is 30.7 Å². The maximum atomic E-state index is 13.8. The smallest absolute Gasteiger partial charge is 0.332 e. The summed E-state index contributed by atoms with van der Waals surface area (Å²) in [6.45, 7) is 1.64. The van der Waals surface area contributed by atoms with Crippen molar-refractivity contribution in [2.45, 2.75) is 13.1 Å². The van der Waals surface area contributed by atoms with Crippen molar-refractivity contribution >= 4 is 40.3 Å². The van der Waals surface area contributed by atoms with Crippen LogP contribution in [0.2, 0.25) is 5.02 Å². The molecule has 0 aromatic heterocycles. The van der Waals surface area contributed by atoms with Crippen LogP contribution in [-0.4, -0.2) is 5.11 Å². The lowest BCUT2D eigenvalue weighted by Crippen LogP contribution is -2.23. The van der Waals surface area contributed by atoms with Crippen molar-refractivity contribution in [3.05, 3.63) is 57.6 Å². The van der Waals surface area contributed by atoms with Crippen LogP contribution >= 0.6 is 23.8 Å². The van der Waals surface area contributed by atoms with E-state index in [2.05, 4.69) is 5.32 Å². The van der Waals surface area contributed by atoms with Crippen molar-refractivity contribution in [3.8, 4) is 0 Å². The SMILES string of the molecule is Cc1ccc(Cl)cc1NC(=S)Nc1c(F)c(F)c(C(F)(F)F)c(F)c1F. The highest BCUT2D eigenvalue weighted by molar-refractivity contribution is 7.80. The molecular weight excluding hydrogens is 409 g/mol. The summed E-state index contributed by atoms with van der Waals surface area (Å²) in [5, 5.41) is 4.06. The van der Waals surface area contributed by atoms with E-state index in [0.717, 1.165) is 0 Å². The maximum absolute atomic E-state index is 13.8. The minimum atomic E-state index is -5.62. The van der Waals surface area contributed by atoms with Gasteiger partial charge in [0.05, 0.1) is 0 Å². The number of hydrogen-bond acceptors (Lipinski definition) is 1. The van der Waals surface area contributed by atoms with Crippen LogP contribution in [0.15, 0.2) is 18.2 Å². The molecule has 0 saturated carbocycles. The molecule has 2 N–H and O–H groups in total. The molecule has 0 unspecified atom stereocenters. The summed E-state index contributed by atoms with van der Waals surface area (Å²) in [5.74, 6) is -9.69. The molecule has 0 aliphatic carbocycles. The Morgan fingerprint density at radius 1 is 0.962 bits per heavy atom. The van der Waals surface area contributed by atoms with E-state index in [1.807, 2.05) is 5.32 Å². The van der Waals surface area contributed by atoms with Gasteiger partial charge in [-0.05, 0) is 36.8 Å². The Morgan fingerprint density at radius 3 is 2.00 bits per heavy atom. The summed E-state index contributed by atoms with van der Waals surface area (Å²) in [7, 11) is 0. The number of nitrogens with one attached hydrogen (secondary N) is 2. The second kappa shape index (κ2) is 7.28. The fourth-order valence-corrected chi connectivity index (χ4v) is 2.37. The molecule has 2 aromatic rings. The van der Waals surface area contributed by atoms with Gasteiger partial charge in [-0.1, -0.05) is 17.7 Å². The van der Waals surface area contributed by atoms with Crippen molar-refractivity contribution in [2.24, 2.45) is 0 Å². The minimum absolute atomic E-state index is 0.296. The van der Waals surface area contributed by atoms with Crippen molar-refractivity contribution in [2.75, 3.05) is 10.6 Å².